The standard InChI is InChI=1S/C16H18BNO/c1-11-8-9-12(2)15(10-11)17-18-13(3)14-6-4-5-7-16(14)19-17/h4-10,13,18H,1-3H3. The van der Waals surface area contributed by atoms with Gasteiger partial charge in [0.05, 0.1) is 0 Å². The van der Waals surface area contributed by atoms with Crippen molar-refractivity contribution in [3.63, 3.8) is 0 Å². The monoisotopic (exact) mass is 251 g/mol. The number of rotatable bonds is 1. The summed E-state index contributed by atoms with van der Waals surface area (Å²) in [7, 11) is -0.0650. The van der Waals surface area contributed by atoms with E-state index < -0.39 is 0 Å². The molecule has 1 N–H and O–H groups in total. The Balaban J connectivity index is 1.99. The molecule has 1 unspecified atom stereocenters. The van der Waals surface area contributed by atoms with Gasteiger partial charge in [0, 0.05) is 11.6 Å². The van der Waals surface area contributed by atoms with Gasteiger partial charge in [-0.1, -0.05) is 47.5 Å². The van der Waals surface area contributed by atoms with Crippen LogP contribution >= 0.6 is 0 Å². The van der Waals surface area contributed by atoms with Crippen molar-refractivity contribution in [1.29, 1.82) is 0 Å². The van der Waals surface area contributed by atoms with Crippen LogP contribution in [0.1, 0.15) is 29.7 Å². The minimum atomic E-state index is -0.0650. The van der Waals surface area contributed by atoms with Crippen LogP contribution in [0.2, 0.25) is 0 Å². The van der Waals surface area contributed by atoms with E-state index >= 15 is 0 Å². The first-order chi connectivity index (χ1) is 9.15. The highest BCUT2D eigenvalue weighted by Crippen LogP contribution is 2.28. The zero-order chi connectivity index (χ0) is 13.4. The Labute approximate surface area is 114 Å². The summed E-state index contributed by atoms with van der Waals surface area (Å²) < 4.78 is 6.11. The normalized spacial score (nSPS) is 17.8. The lowest BCUT2D eigenvalue weighted by Gasteiger charge is -2.30. The van der Waals surface area contributed by atoms with E-state index in [-0.39, 0.29) is 7.05 Å². The molecule has 1 heterocycles. The molecule has 2 aromatic carbocycles. The van der Waals surface area contributed by atoms with Crippen LogP contribution in [-0.2, 0) is 0 Å². The molecule has 2 aromatic rings. The van der Waals surface area contributed by atoms with E-state index in [1.54, 1.807) is 0 Å². The van der Waals surface area contributed by atoms with Crippen LogP contribution in [0, 0.1) is 13.8 Å². The molecule has 96 valence electrons. The highest BCUT2D eigenvalue weighted by atomic mass is 16.4. The summed E-state index contributed by atoms with van der Waals surface area (Å²) in [6.07, 6.45) is 0. The predicted octanol–water partition coefficient (Wildman–Crippen LogP) is 2.74. The fraction of sp³-hybridized carbons (Fsp3) is 0.250. The van der Waals surface area contributed by atoms with Gasteiger partial charge in [0.1, 0.15) is 5.75 Å². The maximum absolute atomic E-state index is 6.11. The Morgan fingerprint density at radius 3 is 2.74 bits per heavy atom. The van der Waals surface area contributed by atoms with Crippen molar-refractivity contribution in [2.24, 2.45) is 0 Å². The minimum Gasteiger partial charge on any atom is -0.542 e. The van der Waals surface area contributed by atoms with Crippen molar-refractivity contribution >= 4 is 12.5 Å². The van der Waals surface area contributed by atoms with Gasteiger partial charge < -0.3 is 9.88 Å². The Morgan fingerprint density at radius 1 is 1.11 bits per heavy atom. The first kappa shape index (κ1) is 12.3. The zero-order valence-electron chi connectivity index (χ0n) is 11.6. The maximum Gasteiger partial charge on any atom is 0.483 e. The Kier molecular flexibility index (Phi) is 3.07. The van der Waals surface area contributed by atoms with Crippen molar-refractivity contribution in [2.45, 2.75) is 26.8 Å². The largest absolute Gasteiger partial charge is 0.542 e. The van der Waals surface area contributed by atoms with Crippen LogP contribution in [0.4, 0.5) is 0 Å². The molecular formula is C16H18BNO. The average Bonchev–Trinajstić information content (AvgIpc) is 2.41. The maximum atomic E-state index is 6.11. The molecule has 0 bridgehead atoms. The molecule has 0 aromatic heterocycles. The van der Waals surface area contributed by atoms with Gasteiger partial charge in [-0.15, -0.1) is 0 Å². The third-order valence-electron chi connectivity index (χ3n) is 3.75. The molecule has 0 saturated heterocycles. The third-order valence-corrected chi connectivity index (χ3v) is 3.75. The lowest BCUT2D eigenvalue weighted by Crippen LogP contribution is -2.54. The molecule has 1 atom stereocenters. The second-order valence-corrected chi connectivity index (χ2v) is 5.28. The topological polar surface area (TPSA) is 21.3 Å². The smallest absolute Gasteiger partial charge is 0.483 e. The van der Waals surface area contributed by atoms with Crippen LogP contribution in [0.25, 0.3) is 0 Å². The molecule has 19 heavy (non-hydrogen) atoms. The molecular weight excluding hydrogens is 233 g/mol. The van der Waals surface area contributed by atoms with Gasteiger partial charge in [0.2, 0.25) is 0 Å². The molecule has 1 aliphatic heterocycles. The minimum absolute atomic E-state index is 0.0650. The van der Waals surface area contributed by atoms with E-state index in [1.165, 1.54) is 22.2 Å². The molecule has 3 heteroatoms. The van der Waals surface area contributed by atoms with E-state index in [1.807, 2.05) is 12.1 Å². The molecule has 0 spiro atoms. The SMILES string of the molecule is Cc1ccc(C)c(B2NC(C)c3ccccc3O2)c1. The van der Waals surface area contributed by atoms with E-state index in [9.17, 15) is 0 Å². The number of benzene rings is 2. The van der Waals surface area contributed by atoms with E-state index in [2.05, 4.69) is 56.3 Å². The van der Waals surface area contributed by atoms with Gasteiger partial charge in [-0.3, -0.25) is 0 Å². The fourth-order valence-electron chi connectivity index (χ4n) is 2.62. The van der Waals surface area contributed by atoms with Crippen LogP contribution in [0.3, 0.4) is 0 Å². The number of fused-ring (bicyclic) bond motifs is 1. The second-order valence-electron chi connectivity index (χ2n) is 5.28. The lowest BCUT2D eigenvalue weighted by atomic mass is 9.68. The number of para-hydroxylation sites is 1. The first-order valence-electron chi connectivity index (χ1n) is 6.74. The molecule has 2 nitrogen and oxygen atoms in total. The third kappa shape index (κ3) is 2.26. The van der Waals surface area contributed by atoms with Gasteiger partial charge >= 0.3 is 7.05 Å². The van der Waals surface area contributed by atoms with Crippen molar-refractivity contribution in [2.75, 3.05) is 0 Å². The average molecular weight is 251 g/mol. The molecule has 0 fully saturated rings. The predicted molar refractivity (Wildman–Crippen MR) is 79.9 cm³/mol. The van der Waals surface area contributed by atoms with Crippen molar-refractivity contribution in [3.8, 4) is 5.75 Å². The number of aryl methyl sites for hydroxylation is 2. The molecule has 0 radical (unpaired) electrons. The summed E-state index contributed by atoms with van der Waals surface area (Å²) in [5.74, 6) is 0.986. The summed E-state index contributed by atoms with van der Waals surface area (Å²) in [4.78, 5) is 0. The van der Waals surface area contributed by atoms with Gasteiger partial charge in [0.15, 0.2) is 0 Å². The van der Waals surface area contributed by atoms with Crippen LogP contribution < -0.4 is 15.3 Å². The summed E-state index contributed by atoms with van der Waals surface area (Å²) >= 11 is 0. The number of nitrogens with one attached hydrogen (secondary N) is 1. The Morgan fingerprint density at radius 2 is 1.89 bits per heavy atom. The molecule has 1 aliphatic rings. The first-order valence-corrected chi connectivity index (χ1v) is 6.74. The summed E-state index contributed by atoms with van der Waals surface area (Å²) in [6.45, 7) is 6.42. The Hall–Kier alpha value is -1.74. The van der Waals surface area contributed by atoms with Gasteiger partial charge in [-0.2, -0.15) is 0 Å². The highest BCUT2D eigenvalue weighted by Gasteiger charge is 2.31. The summed E-state index contributed by atoms with van der Waals surface area (Å²) in [5, 5.41) is 3.53. The van der Waals surface area contributed by atoms with E-state index in [0.29, 0.717) is 6.04 Å². The van der Waals surface area contributed by atoms with E-state index in [0.717, 1.165) is 5.75 Å². The van der Waals surface area contributed by atoms with Gasteiger partial charge in [0.25, 0.3) is 0 Å². The van der Waals surface area contributed by atoms with Crippen LogP contribution in [0.15, 0.2) is 42.5 Å². The van der Waals surface area contributed by atoms with Gasteiger partial charge in [-0.25, -0.2) is 0 Å². The molecule has 3 rings (SSSR count). The number of hydrogen-bond acceptors (Lipinski definition) is 2. The second kappa shape index (κ2) is 4.74. The van der Waals surface area contributed by atoms with Crippen molar-refractivity contribution in [1.82, 2.24) is 5.23 Å². The van der Waals surface area contributed by atoms with Crippen molar-refractivity contribution in [3.05, 3.63) is 59.2 Å². The fourth-order valence-corrected chi connectivity index (χ4v) is 2.62. The van der Waals surface area contributed by atoms with Crippen LogP contribution in [0.5, 0.6) is 5.75 Å². The summed E-state index contributed by atoms with van der Waals surface area (Å²) in [5.41, 5.74) is 4.97. The van der Waals surface area contributed by atoms with E-state index in [4.69, 9.17) is 4.65 Å². The quantitative estimate of drug-likeness (QED) is 0.787. The summed E-state index contributed by atoms with van der Waals surface area (Å²) in [6, 6.07) is 15.0. The highest BCUT2D eigenvalue weighted by molar-refractivity contribution is 6.66. The lowest BCUT2D eigenvalue weighted by molar-refractivity contribution is 0.492. The Bertz CT molecular complexity index is 611. The molecule has 0 amide bonds. The molecule has 0 saturated carbocycles. The molecule has 0 aliphatic carbocycles. The van der Waals surface area contributed by atoms with Crippen molar-refractivity contribution < 1.29 is 4.65 Å². The van der Waals surface area contributed by atoms with Crippen LogP contribution in [-0.4, -0.2) is 7.05 Å². The van der Waals surface area contributed by atoms with Gasteiger partial charge in [-0.05, 0) is 32.3 Å². The zero-order valence-corrected chi connectivity index (χ0v) is 11.6. The number of hydrogen-bond donors (Lipinski definition) is 1.